The number of alkyl halides is 1. The molecule has 0 saturated heterocycles. The number of halogens is 1. The Labute approximate surface area is 93.4 Å². The summed E-state index contributed by atoms with van der Waals surface area (Å²) in [4.78, 5) is 0. The highest BCUT2D eigenvalue weighted by molar-refractivity contribution is 5.52. The molecular formula is C12H12FNO2. The third-order valence-electron chi connectivity index (χ3n) is 2.51. The van der Waals surface area contributed by atoms with Crippen molar-refractivity contribution in [2.45, 2.75) is 25.9 Å². The topological polar surface area (TPSA) is 42.2 Å². The maximum Gasteiger partial charge on any atom is 0.231 e. The van der Waals surface area contributed by atoms with Crippen LogP contribution in [-0.2, 0) is 12.1 Å². The van der Waals surface area contributed by atoms with E-state index in [0.29, 0.717) is 22.6 Å². The lowest BCUT2D eigenvalue weighted by Gasteiger charge is -2.16. The van der Waals surface area contributed by atoms with Crippen molar-refractivity contribution in [3.05, 3.63) is 23.3 Å². The van der Waals surface area contributed by atoms with Crippen molar-refractivity contribution in [3.63, 3.8) is 0 Å². The van der Waals surface area contributed by atoms with E-state index in [-0.39, 0.29) is 13.2 Å². The molecule has 16 heavy (non-hydrogen) atoms. The number of nitriles is 1. The lowest BCUT2D eigenvalue weighted by molar-refractivity contribution is 0.173. The number of rotatable bonds is 2. The fraction of sp³-hybridized carbons (Fsp3) is 0.417. The van der Waals surface area contributed by atoms with Gasteiger partial charge in [-0.3, -0.25) is 0 Å². The Morgan fingerprint density at radius 2 is 2.19 bits per heavy atom. The van der Waals surface area contributed by atoms with E-state index < -0.39 is 5.67 Å². The van der Waals surface area contributed by atoms with Crippen molar-refractivity contribution >= 4 is 0 Å². The molecule has 3 nitrogen and oxygen atoms in total. The molecule has 1 aliphatic heterocycles. The average Bonchev–Trinajstić information content (AvgIpc) is 2.64. The van der Waals surface area contributed by atoms with Crippen molar-refractivity contribution in [1.82, 2.24) is 0 Å². The maximum absolute atomic E-state index is 13.8. The summed E-state index contributed by atoms with van der Waals surface area (Å²) in [5.74, 6) is 1.09. The molecule has 0 spiro atoms. The molecule has 1 aromatic rings. The summed E-state index contributed by atoms with van der Waals surface area (Å²) >= 11 is 0. The zero-order valence-corrected chi connectivity index (χ0v) is 9.21. The van der Waals surface area contributed by atoms with E-state index in [9.17, 15) is 4.39 Å². The van der Waals surface area contributed by atoms with Crippen molar-refractivity contribution < 1.29 is 13.9 Å². The van der Waals surface area contributed by atoms with Crippen LogP contribution in [0.5, 0.6) is 11.5 Å². The van der Waals surface area contributed by atoms with Gasteiger partial charge in [-0.05, 0) is 31.5 Å². The molecule has 4 heteroatoms. The minimum atomic E-state index is -1.45. The Bertz CT molecular complexity index is 457. The van der Waals surface area contributed by atoms with Crippen LogP contribution < -0.4 is 9.47 Å². The lowest BCUT2D eigenvalue weighted by Crippen LogP contribution is -2.09. The molecule has 0 atom stereocenters. The summed E-state index contributed by atoms with van der Waals surface area (Å²) in [6.07, 6.45) is 0.190. The number of hydrogen-bond acceptors (Lipinski definition) is 3. The van der Waals surface area contributed by atoms with Crippen LogP contribution in [0.2, 0.25) is 0 Å². The zero-order chi connectivity index (χ0) is 11.8. The minimum absolute atomic E-state index is 0.129. The predicted octanol–water partition coefficient (Wildman–Crippen LogP) is 2.69. The Hall–Kier alpha value is -1.76. The fourth-order valence-electron chi connectivity index (χ4n) is 1.64. The van der Waals surface area contributed by atoms with E-state index in [1.54, 1.807) is 12.1 Å². The van der Waals surface area contributed by atoms with Crippen molar-refractivity contribution in [1.29, 1.82) is 5.26 Å². The molecule has 0 radical (unpaired) electrons. The van der Waals surface area contributed by atoms with E-state index in [2.05, 4.69) is 0 Å². The monoisotopic (exact) mass is 221 g/mol. The highest BCUT2D eigenvalue weighted by Crippen LogP contribution is 2.40. The van der Waals surface area contributed by atoms with Crippen LogP contribution in [0.4, 0.5) is 4.39 Å². The summed E-state index contributed by atoms with van der Waals surface area (Å²) in [5, 5.41) is 8.70. The van der Waals surface area contributed by atoms with Gasteiger partial charge in [-0.2, -0.15) is 5.26 Å². The van der Waals surface area contributed by atoms with E-state index in [0.717, 1.165) is 0 Å². The highest BCUT2D eigenvalue weighted by Gasteiger charge is 2.25. The third kappa shape index (κ3) is 1.81. The molecule has 2 rings (SSSR count). The standard InChI is InChI=1S/C12H12FNO2/c1-12(2,13)9-5-8(3-4-14)11-10(6-9)15-7-16-11/h5-6H,3,7H2,1-2H3. The second-order valence-electron chi connectivity index (χ2n) is 4.18. The summed E-state index contributed by atoms with van der Waals surface area (Å²) in [6, 6.07) is 5.33. The van der Waals surface area contributed by atoms with Gasteiger partial charge in [0.15, 0.2) is 11.5 Å². The maximum atomic E-state index is 13.8. The summed E-state index contributed by atoms with van der Waals surface area (Å²) in [6.45, 7) is 3.07. The highest BCUT2D eigenvalue weighted by atomic mass is 19.1. The minimum Gasteiger partial charge on any atom is -0.454 e. The number of fused-ring (bicyclic) bond motifs is 1. The zero-order valence-electron chi connectivity index (χ0n) is 9.21. The Balaban J connectivity index is 2.53. The van der Waals surface area contributed by atoms with Gasteiger partial charge in [0.25, 0.3) is 0 Å². The first-order chi connectivity index (χ1) is 7.52. The van der Waals surface area contributed by atoms with Gasteiger partial charge in [0.1, 0.15) is 5.67 Å². The molecule has 1 aliphatic rings. The van der Waals surface area contributed by atoms with Crippen LogP contribution in [0.25, 0.3) is 0 Å². The molecule has 0 N–H and O–H groups in total. The van der Waals surface area contributed by atoms with Crippen LogP contribution in [0.15, 0.2) is 12.1 Å². The van der Waals surface area contributed by atoms with E-state index in [1.165, 1.54) is 13.8 Å². The largest absolute Gasteiger partial charge is 0.454 e. The molecule has 0 unspecified atom stereocenters. The molecule has 0 saturated carbocycles. The molecule has 0 aliphatic carbocycles. The van der Waals surface area contributed by atoms with E-state index >= 15 is 0 Å². The Kier molecular flexibility index (Phi) is 2.47. The second kappa shape index (κ2) is 3.67. The smallest absolute Gasteiger partial charge is 0.231 e. The first-order valence-corrected chi connectivity index (χ1v) is 5.01. The Morgan fingerprint density at radius 3 is 2.81 bits per heavy atom. The number of ether oxygens (including phenoxy) is 2. The molecule has 1 heterocycles. The average molecular weight is 221 g/mol. The van der Waals surface area contributed by atoms with E-state index in [1.807, 2.05) is 6.07 Å². The van der Waals surface area contributed by atoms with Crippen LogP contribution in [-0.4, -0.2) is 6.79 Å². The van der Waals surface area contributed by atoms with Crippen LogP contribution in [0, 0.1) is 11.3 Å². The molecule has 0 bridgehead atoms. The van der Waals surface area contributed by atoms with Gasteiger partial charge in [0.2, 0.25) is 6.79 Å². The normalized spacial score (nSPS) is 13.6. The SMILES string of the molecule is CC(C)(F)c1cc(CC#N)c2c(c1)OCO2. The van der Waals surface area contributed by atoms with Gasteiger partial charge in [-0.1, -0.05) is 0 Å². The molecule has 0 amide bonds. The van der Waals surface area contributed by atoms with Gasteiger partial charge < -0.3 is 9.47 Å². The predicted molar refractivity (Wildman–Crippen MR) is 56.0 cm³/mol. The van der Waals surface area contributed by atoms with Crippen LogP contribution in [0.3, 0.4) is 0 Å². The van der Waals surface area contributed by atoms with Crippen molar-refractivity contribution in [3.8, 4) is 17.6 Å². The Morgan fingerprint density at radius 1 is 1.44 bits per heavy atom. The van der Waals surface area contributed by atoms with Gasteiger partial charge in [0, 0.05) is 5.56 Å². The number of nitrogens with zero attached hydrogens (tertiary/aromatic N) is 1. The molecular weight excluding hydrogens is 209 g/mol. The molecule has 84 valence electrons. The molecule has 0 aromatic heterocycles. The summed E-state index contributed by atoms with van der Waals surface area (Å²) in [5.41, 5.74) is -0.272. The van der Waals surface area contributed by atoms with Crippen molar-refractivity contribution in [2.24, 2.45) is 0 Å². The van der Waals surface area contributed by atoms with Crippen LogP contribution >= 0.6 is 0 Å². The van der Waals surface area contributed by atoms with Gasteiger partial charge in [-0.15, -0.1) is 0 Å². The van der Waals surface area contributed by atoms with Gasteiger partial charge in [-0.25, -0.2) is 4.39 Å². The quantitative estimate of drug-likeness (QED) is 0.771. The van der Waals surface area contributed by atoms with Gasteiger partial charge >= 0.3 is 0 Å². The van der Waals surface area contributed by atoms with Crippen LogP contribution in [0.1, 0.15) is 25.0 Å². The second-order valence-corrected chi connectivity index (χ2v) is 4.18. The number of hydrogen-bond donors (Lipinski definition) is 0. The van der Waals surface area contributed by atoms with Gasteiger partial charge in [0.05, 0.1) is 12.5 Å². The van der Waals surface area contributed by atoms with E-state index in [4.69, 9.17) is 14.7 Å². The number of benzene rings is 1. The fourth-order valence-corrected chi connectivity index (χ4v) is 1.64. The summed E-state index contributed by atoms with van der Waals surface area (Å²) in [7, 11) is 0. The summed E-state index contributed by atoms with van der Waals surface area (Å²) < 4.78 is 24.3. The molecule has 0 fully saturated rings. The first kappa shape index (κ1) is 10.7. The lowest BCUT2D eigenvalue weighted by atomic mass is 9.96. The van der Waals surface area contributed by atoms with Crippen molar-refractivity contribution in [2.75, 3.05) is 6.79 Å². The molecule has 1 aromatic carbocycles. The third-order valence-corrected chi connectivity index (χ3v) is 2.51. The first-order valence-electron chi connectivity index (χ1n) is 5.01.